The van der Waals surface area contributed by atoms with Crippen molar-refractivity contribution in [1.82, 2.24) is 5.48 Å². The molecule has 0 bridgehead atoms. The lowest BCUT2D eigenvalue weighted by Gasteiger charge is -2.57. The number of aliphatic hydroxyl groups is 1. The van der Waals surface area contributed by atoms with Gasteiger partial charge in [-0.05, 0) is 80.0 Å². The molecule has 0 aromatic rings. The van der Waals surface area contributed by atoms with E-state index in [1.807, 2.05) is 5.48 Å². The summed E-state index contributed by atoms with van der Waals surface area (Å²) in [5.41, 5.74) is 3.69. The molecule has 0 spiro atoms. The van der Waals surface area contributed by atoms with Crippen LogP contribution >= 0.6 is 0 Å². The molecular weight excluding hydrogens is 302 g/mol. The molecule has 3 fully saturated rings. The molecule has 24 heavy (non-hydrogen) atoms. The van der Waals surface area contributed by atoms with E-state index in [2.05, 4.69) is 19.9 Å². The van der Waals surface area contributed by atoms with Crippen LogP contribution in [-0.4, -0.2) is 22.3 Å². The Bertz CT molecular complexity index is 573. The fraction of sp³-hybridized carbons (Fsp3) is 0.850. The maximum atomic E-state index is 12.2. The molecule has 0 aromatic carbocycles. The third-order valence-electron chi connectivity index (χ3n) is 8.50. The predicted octanol–water partition coefficient (Wildman–Crippen LogP) is 3.43. The second-order valence-electron chi connectivity index (χ2n) is 9.31. The normalized spacial score (nSPS) is 50.3. The molecule has 4 heteroatoms. The molecule has 3 saturated carbocycles. The van der Waals surface area contributed by atoms with Gasteiger partial charge < -0.3 is 5.11 Å². The van der Waals surface area contributed by atoms with Gasteiger partial charge >= 0.3 is 0 Å². The van der Waals surface area contributed by atoms with E-state index in [1.54, 1.807) is 0 Å². The van der Waals surface area contributed by atoms with Crippen molar-refractivity contribution in [3.8, 4) is 0 Å². The van der Waals surface area contributed by atoms with E-state index in [-0.39, 0.29) is 28.8 Å². The average Bonchev–Trinajstić information content (AvgIpc) is 2.92. The summed E-state index contributed by atoms with van der Waals surface area (Å²) in [5.74, 6) is 1.71. The van der Waals surface area contributed by atoms with Crippen LogP contribution in [-0.2, 0) is 4.79 Å². The fourth-order valence-corrected chi connectivity index (χ4v) is 7.15. The van der Waals surface area contributed by atoms with E-state index in [1.165, 1.54) is 12.0 Å². The van der Waals surface area contributed by atoms with Crippen molar-refractivity contribution in [1.29, 1.82) is 0 Å². The first-order valence-corrected chi connectivity index (χ1v) is 9.71. The van der Waals surface area contributed by atoms with Crippen molar-refractivity contribution in [2.75, 3.05) is 0 Å². The maximum Gasteiger partial charge on any atom is 0.247 e. The number of fused-ring (bicyclic) bond motifs is 5. The van der Waals surface area contributed by atoms with Crippen LogP contribution in [0.4, 0.5) is 0 Å². The number of hydroxylamine groups is 1. The first-order valence-electron chi connectivity index (χ1n) is 9.71. The zero-order valence-corrected chi connectivity index (χ0v) is 14.9. The lowest BCUT2D eigenvalue weighted by atomic mass is 9.47. The summed E-state index contributed by atoms with van der Waals surface area (Å²) < 4.78 is 0. The largest absolute Gasteiger partial charge is 0.393 e. The molecule has 3 N–H and O–H groups in total. The van der Waals surface area contributed by atoms with Gasteiger partial charge in [0.25, 0.3) is 0 Å². The number of carbonyl (C=O) groups is 1. The molecule has 134 valence electrons. The van der Waals surface area contributed by atoms with Gasteiger partial charge in [0.05, 0.1) is 6.10 Å². The first kappa shape index (κ1) is 16.6. The Morgan fingerprint density at radius 2 is 1.96 bits per heavy atom. The van der Waals surface area contributed by atoms with Crippen LogP contribution in [0.5, 0.6) is 0 Å². The number of aliphatic hydroxyl groups excluding tert-OH is 1. The summed E-state index contributed by atoms with van der Waals surface area (Å²) in [6, 6.07) is 0. The molecule has 0 heterocycles. The van der Waals surface area contributed by atoms with Crippen LogP contribution in [0.15, 0.2) is 11.6 Å². The third-order valence-corrected chi connectivity index (χ3v) is 8.50. The van der Waals surface area contributed by atoms with Crippen molar-refractivity contribution >= 4 is 5.91 Å². The van der Waals surface area contributed by atoms with Crippen LogP contribution in [0.1, 0.15) is 65.2 Å². The highest BCUT2D eigenvalue weighted by atomic mass is 16.5. The van der Waals surface area contributed by atoms with Gasteiger partial charge in [0.2, 0.25) is 5.91 Å². The molecule has 7 atom stereocenters. The summed E-state index contributed by atoms with van der Waals surface area (Å²) in [6.07, 6.45) is 10.5. The predicted molar refractivity (Wildman–Crippen MR) is 91.1 cm³/mol. The number of amides is 1. The molecule has 0 saturated heterocycles. The minimum Gasteiger partial charge on any atom is -0.393 e. The summed E-state index contributed by atoms with van der Waals surface area (Å²) in [6.45, 7) is 4.71. The average molecular weight is 333 g/mol. The smallest absolute Gasteiger partial charge is 0.247 e. The molecule has 4 rings (SSSR count). The summed E-state index contributed by atoms with van der Waals surface area (Å²) in [5, 5.41) is 19.2. The number of nitrogens with one attached hydrogen (secondary N) is 1. The van der Waals surface area contributed by atoms with Crippen molar-refractivity contribution < 1.29 is 15.1 Å². The summed E-state index contributed by atoms with van der Waals surface area (Å²) >= 11 is 0. The number of carbonyl (C=O) groups excluding carboxylic acids is 1. The van der Waals surface area contributed by atoms with Crippen LogP contribution in [0.2, 0.25) is 0 Å². The summed E-state index contributed by atoms with van der Waals surface area (Å²) in [7, 11) is 0. The Morgan fingerprint density at radius 1 is 1.17 bits per heavy atom. The van der Waals surface area contributed by atoms with E-state index in [0.717, 1.165) is 44.9 Å². The van der Waals surface area contributed by atoms with E-state index in [0.29, 0.717) is 17.8 Å². The van der Waals surface area contributed by atoms with Crippen LogP contribution in [0, 0.1) is 34.5 Å². The minimum atomic E-state index is -0.183. The molecule has 0 unspecified atom stereocenters. The van der Waals surface area contributed by atoms with E-state index in [4.69, 9.17) is 5.21 Å². The lowest BCUT2D eigenvalue weighted by molar-refractivity contribution is -0.140. The molecule has 4 aliphatic rings. The van der Waals surface area contributed by atoms with Gasteiger partial charge in [0.1, 0.15) is 0 Å². The van der Waals surface area contributed by atoms with Gasteiger partial charge in [-0.25, -0.2) is 5.48 Å². The molecule has 4 aliphatic carbocycles. The van der Waals surface area contributed by atoms with E-state index in [9.17, 15) is 9.90 Å². The Hall–Kier alpha value is -0.870. The lowest BCUT2D eigenvalue weighted by Crippen LogP contribution is -2.51. The zero-order chi connectivity index (χ0) is 17.1. The fourth-order valence-electron chi connectivity index (χ4n) is 7.15. The van der Waals surface area contributed by atoms with Crippen molar-refractivity contribution in [2.24, 2.45) is 34.5 Å². The number of rotatable bonds is 1. The number of hydrogen-bond donors (Lipinski definition) is 3. The van der Waals surface area contributed by atoms with Crippen LogP contribution in [0.25, 0.3) is 0 Å². The molecule has 1 amide bonds. The first-order chi connectivity index (χ1) is 11.4. The highest BCUT2D eigenvalue weighted by Gasteiger charge is 2.59. The Kier molecular flexibility index (Phi) is 3.85. The van der Waals surface area contributed by atoms with Gasteiger partial charge in [0, 0.05) is 5.92 Å². The molecule has 0 aromatic heterocycles. The second kappa shape index (κ2) is 5.57. The Labute approximate surface area is 144 Å². The maximum absolute atomic E-state index is 12.2. The number of hydrogen-bond acceptors (Lipinski definition) is 3. The Balaban J connectivity index is 1.64. The summed E-state index contributed by atoms with van der Waals surface area (Å²) in [4.78, 5) is 12.2. The standard InChI is InChI=1S/C20H31NO3/c1-19-9-7-13(22)11-12(19)3-4-14-15-5-6-17(18(23)21-24)20(15,2)10-8-16(14)19/h3,13-17,22,24H,4-11H2,1-2H3,(H,21,23)/t13-,14-,15-,16-,17+,19-,20-/m0/s1. The molecule has 4 nitrogen and oxygen atoms in total. The topological polar surface area (TPSA) is 69.6 Å². The van der Waals surface area contributed by atoms with E-state index < -0.39 is 0 Å². The number of allylic oxidation sites excluding steroid dienone is 1. The van der Waals surface area contributed by atoms with Crippen LogP contribution < -0.4 is 5.48 Å². The van der Waals surface area contributed by atoms with Crippen LogP contribution in [0.3, 0.4) is 0 Å². The quantitative estimate of drug-likeness (QED) is 0.391. The van der Waals surface area contributed by atoms with Gasteiger partial charge in [-0.1, -0.05) is 25.5 Å². The highest BCUT2D eigenvalue weighted by Crippen LogP contribution is 2.66. The zero-order valence-electron chi connectivity index (χ0n) is 14.9. The minimum absolute atomic E-state index is 0.0316. The molecular formula is C20H31NO3. The third kappa shape index (κ3) is 2.15. The van der Waals surface area contributed by atoms with Crippen molar-refractivity contribution in [3.05, 3.63) is 11.6 Å². The highest BCUT2D eigenvalue weighted by molar-refractivity contribution is 5.78. The van der Waals surface area contributed by atoms with Crippen molar-refractivity contribution in [2.45, 2.75) is 71.3 Å². The van der Waals surface area contributed by atoms with Gasteiger partial charge in [-0.3, -0.25) is 10.0 Å². The van der Waals surface area contributed by atoms with E-state index >= 15 is 0 Å². The second-order valence-corrected chi connectivity index (χ2v) is 9.31. The monoisotopic (exact) mass is 333 g/mol. The SMILES string of the molecule is C[C@]12CC[C@H]3[C@@H](CC=C4C[C@@H](O)CC[C@@]43C)[C@@H]1CC[C@@H]2C(=O)NO. The van der Waals surface area contributed by atoms with Gasteiger partial charge in [0.15, 0.2) is 0 Å². The van der Waals surface area contributed by atoms with Gasteiger partial charge in [-0.15, -0.1) is 0 Å². The van der Waals surface area contributed by atoms with Crippen molar-refractivity contribution in [3.63, 3.8) is 0 Å². The molecule has 0 radical (unpaired) electrons. The Morgan fingerprint density at radius 3 is 2.71 bits per heavy atom. The van der Waals surface area contributed by atoms with Gasteiger partial charge in [-0.2, -0.15) is 0 Å². The molecule has 0 aliphatic heterocycles.